The number of benzene rings is 3. The largest absolute Gasteiger partial charge is 0.493 e. The number of hydrogen-bond donors (Lipinski definition) is 3. The Morgan fingerprint density at radius 3 is 1.54 bits per heavy atom. The monoisotopic (exact) mass is 659 g/mol. The summed E-state index contributed by atoms with van der Waals surface area (Å²) in [6, 6.07) is 17.1. The number of carboxylic acids is 2. The second-order valence-electron chi connectivity index (χ2n) is 10.0. The Morgan fingerprint density at radius 2 is 1.20 bits per heavy atom. The lowest BCUT2D eigenvalue weighted by molar-refractivity contribution is -0.166. The second kappa shape index (κ2) is 16.9. The lowest BCUT2D eigenvalue weighted by Crippen LogP contribution is -2.45. The normalized spacial score (nSPS) is 12.7. The Bertz CT molecular complexity index is 1540. The number of methoxy groups -OCH3 is 1. The van der Waals surface area contributed by atoms with Crippen LogP contribution in [0.1, 0.15) is 57.3 Å². The van der Waals surface area contributed by atoms with Gasteiger partial charge in [-0.3, -0.25) is 0 Å². The third kappa shape index (κ3) is 11.5. The van der Waals surface area contributed by atoms with Gasteiger partial charge in [-0.1, -0.05) is 41.5 Å². The molecule has 0 radical (unpaired) electrons. The number of sulfonamides is 1. The number of carbonyl (C=O) groups excluding carboxylic acids is 2. The number of ether oxygens (including phenoxy) is 4. The highest BCUT2D eigenvalue weighted by molar-refractivity contribution is 7.88. The Labute approximate surface area is 267 Å². The van der Waals surface area contributed by atoms with Gasteiger partial charge in [-0.05, 0) is 69.7 Å². The van der Waals surface area contributed by atoms with E-state index in [1.54, 1.807) is 64.3 Å². The van der Waals surface area contributed by atoms with Gasteiger partial charge < -0.3 is 29.2 Å². The zero-order chi connectivity index (χ0) is 34.6. The van der Waals surface area contributed by atoms with Crippen LogP contribution >= 0.6 is 0 Å². The van der Waals surface area contributed by atoms with Crippen molar-refractivity contribution < 1.29 is 56.8 Å². The number of aliphatic carboxylic acids is 2. The summed E-state index contributed by atoms with van der Waals surface area (Å²) in [5, 5.41) is 18.6. The molecule has 0 aliphatic rings. The molecule has 0 aliphatic carbocycles. The molecule has 248 valence electrons. The summed E-state index contributed by atoms with van der Waals surface area (Å²) in [7, 11) is -1.67. The molecule has 0 aliphatic heterocycles. The van der Waals surface area contributed by atoms with Crippen molar-refractivity contribution in [1.29, 1.82) is 0 Å². The second-order valence-corrected chi connectivity index (χ2v) is 11.8. The van der Waals surface area contributed by atoms with Gasteiger partial charge in [0.25, 0.3) is 0 Å². The van der Waals surface area contributed by atoms with Crippen LogP contribution in [0.5, 0.6) is 11.5 Å². The first kappa shape index (κ1) is 37.2. The molecule has 0 amide bonds. The minimum atomic E-state index is -3.23. The zero-order valence-electron chi connectivity index (χ0n) is 26.2. The summed E-state index contributed by atoms with van der Waals surface area (Å²) >= 11 is 0. The quantitative estimate of drug-likeness (QED) is 0.224. The maximum Gasteiger partial charge on any atom is 0.349 e. The first-order valence-electron chi connectivity index (χ1n) is 13.8. The van der Waals surface area contributed by atoms with Crippen LogP contribution in [-0.4, -0.2) is 74.7 Å². The summed E-state index contributed by atoms with van der Waals surface area (Å²) in [6.07, 6.45) is -3.31. The van der Waals surface area contributed by atoms with E-state index in [0.717, 1.165) is 22.9 Å². The van der Waals surface area contributed by atoms with Crippen molar-refractivity contribution >= 4 is 33.9 Å². The van der Waals surface area contributed by atoms with Crippen molar-refractivity contribution in [2.24, 2.45) is 0 Å². The van der Waals surface area contributed by atoms with Crippen LogP contribution < -0.4 is 14.2 Å². The topological polar surface area (TPSA) is 192 Å². The highest BCUT2D eigenvalue weighted by atomic mass is 32.2. The van der Waals surface area contributed by atoms with Crippen molar-refractivity contribution in [2.75, 3.05) is 20.0 Å². The van der Waals surface area contributed by atoms with Crippen LogP contribution in [0.3, 0.4) is 0 Å². The first-order valence-corrected chi connectivity index (χ1v) is 15.7. The van der Waals surface area contributed by atoms with Gasteiger partial charge in [-0.15, -0.1) is 0 Å². The van der Waals surface area contributed by atoms with Crippen molar-refractivity contribution in [3.8, 4) is 11.5 Å². The standard InChI is InChI=1S/C20H18O8.C12H19NO4S/c1-11-3-7-13(8-4-11)19(25)27-15(17(21)22)16(18(23)24)28-20(26)14-9-5-12(2)6-10-14;1-5-17-12-8-10(6-7-11(12)16-3)9(2)13-18(4,14)15/h3-10,15-16H,1-2H3,(H,21,22)(H,23,24);6-9,13H,5H2,1-4H3/t15-,16-;9-/m10/s1. The average Bonchev–Trinajstić information content (AvgIpc) is 2.98. The molecule has 0 saturated carbocycles. The molecular formula is C32H37NO12S. The smallest absolute Gasteiger partial charge is 0.349 e. The van der Waals surface area contributed by atoms with Gasteiger partial charge >= 0.3 is 23.9 Å². The number of esters is 2. The summed E-state index contributed by atoms with van der Waals surface area (Å²) in [5.74, 6) is -4.38. The van der Waals surface area contributed by atoms with E-state index in [9.17, 15) is 37.8 Å². The van der Waals surface area contributed by atoms with Gasteiger partial charge in [-0.25, -0.2) is 32.3 Å². The molecule has 3 rings (SSSR count). The zero-order valence-corrected chi connectivity index (χ0v) is 27.0. The summed E-state index contributed by atoms with van der Waals surface area (Å²) in [5.41, 5.74) is 2.62. The Kier molecular flexibility index (Phi) is 13.7. The maximum atomic E-state index is 12.2. The molecule has 0 heterocycles. The number of carboxylic acid groups (broad SMARTS) is 2. The van der Waals surface area contributed by atoms with Crippen molar-refractivity contribution in [3.05, 3.63) is 94.5 Å². The fourth-order valence-electron chi connectivity index (χ4n) is 3.85. The number of aryl methyl sites for hydroxylation is 2. The molecule has 0 aromatic heterocycles. The first-order chi connectivity index (χ1) is 21.6. The van der Waals surface area contributed by atoms with Crippen LogP contribution in [0.2, 0.25) is 0 Å². The van der Waals surface area contributed by atoms with Crippen LogP contribution in [0.15, 0.2) is 66.7 Å². The molecule has 0 unspecified atom stereocenters. The van der Waals surface area contributed by atoms with Gasteiger partial charge in [0.05, 0.1) is 31.1 Å². The van der Waals surface area contributed by atoms with Crippen molar-refractivity contribution in [2.45, 2.75) is 45.9 Å². The Hall–Kier alpha value is -4.95. The summed E-state index contributed by atoms with van der Waals surface area (Å²) in [6.45, 7) is 7.76. The molecule has 0 bridgehead atoms. The van der Waals surface area contributed by atoms with E-state index in [2.05, 4.69) is 4.72 Å². The molecule has 3 atom stereocenters. The molecule has 3 N–H and O–H groups in total. The number of rotatable bonds is 13. The maximum absolute atomic E-state index is 12.2. The molecule has 14 heteroatoms. The lowest BCUT2D eigenvalue weighted by atomic mass is 10.1. The van der Waals surface area contributed by atoms with Gasteiger partial charge in [0.15, 0.2) is 11.5 Å². The van der Waals surface area contributed by atoms with Crippen LogP contribution in [-0.2, 0) is 29.1 Å². The molecule has 3 aromatic carbocycles. The van der Waals surface area contributed by atoms with E-state index < -0.39 is 46.1 Å². The number of carbonyl (C=O) groups is 4. The summed E-state index contributed by atoms with van der Waals surface area (Å²) in [4.78, 5) is 47.3. The summed E-state index contributed by atoms with van der Waals surface area (Å²) < 4.78 is 45.1. The minimum absolute atomic E-state index is 0.0332. The number of nitrogens with one attached hydrogen (secondary N) is 1. The van der Waals surface area contributed by atoms with Gasteiger partial charge in [-0.2, -0.15) is 0 Å². The Balaban J connectivity index is 0.000000353. The van der Waals surface area contributed by atoms with Crippen molar-refractivity contribution in [3.63, 3.8) is 0 Å². The molecule has 0 saturated heterocycles. The number of hydrogen-bond acceptors (Lipinski definition) is 10. The fraction of sp³-hybridized carbons (Fsp3) is 0.312. The molecule has 13 nitrogen and oxygen atoms in total. The molecule has 3 aromatic rings. The fourth-order valence-corrected chi connectivity index (χ4v) is 4.63. The predicted octanol–water partition coefficient (Wildman–Crippen LogP) is 3.93. The molecule has 0 spiro atoms. The predicted molar refractivity (Wildman–Crippen MR) is 167 cm³/mol. The average molecular weight is 660 g/mol. The van der Waals surface area contributed by atoms with E-state index in [-0.39, 0.29) is 17.2 Å². The molecule has 0 fully saturated rings. The molecule has 46 heavy (non-hydrogen) atoms. The van der Waals surface area contributed by atoms with Gasteiger partial charge in [0, 0.05) is 6.04 Å². The molecular weight excluding hydrogens is 622 g/mol. The van der Waals surface area contributed by atoms with E-state index in [1.165, 1.54) is 24.3 Å². The Morgan fingerprint density at radius 1 is 0.761 bits per heavy atom. The lowest BCUT2D eigenvalue weighted by Gasteiger charge is -2.21. The highest BCUT2D eigenvalue weighted by Gasteiger charge is 2.41. The minimum Gasteiger partial charge on any atom is -0.493 e. The SMILES string of the molecule is CCOc1cc([C@H](C)NS(C)(=O)=O)ccc1OC.Cc1ccc(C(=O)O[C@@H](C(=O)O)[C@@H](OC(=O)c2ccc(C)cc2)C(=O)O)cc1. The van der Waals surface area contributed by atoms with Crippen LogP contribution in [0.4, 0.5) is 0 Å². The van der Waals surface area contributed by atoms with E-state index in [1.807, 2.05) is 13.0 Å². The van der Waals surface area contributed by atoms with Crippen LogP contribution in [0, 0.1) is 13.8 Å². The van der Waals surface area contributed by atoms with E-state index >= 15 is 0 Å². The van der Waals surface area contributed by atoms with Gasteiger partial charge in [0.2, 0.25) is 22.2 Å². The third-order valence-corrected chi connectivity index (χ3v) is 6.96. The highest BCUT2D eigenvalue weighted by Crippen LogP contribution is 2.30. The van der Waals surface area contributed by atoms with E-state index in [0.29, 0.717) is 18.1 Å². The third-order valence-electron chi connectivity index (χ3n) is 6.18. The van der Waals surface area contributed by atoms with E-state index in [4.69, 9.17) is 18.9 Å². The van der Waals surface area contributed by atoms with Crippen LogP contribution in [0.25, 0.3) is 0 Å². The van der Waals surface area contributed by atoms with Gasteiger partial charge in [0.1, 0.15) is 0 Å². The van der Waals surface area contributed by atoms with Crippen molar-refractivity contribution in [1.82, 2.24) is 4.72 Å².